The van der Waals surface area contributed by atoms with Gasteiger partial charge in [-0.2, -0.15) is 8.78 Å². The predicted molar refractivity (Wildman–Crippen MR) is 60.1 cm³/mol. The second-order valence-corrected chi connectivity index (χ2v) is 3.70. The number of carbonyl (C=O) groups is 1. The fraction of sp³-hybridized carbons (Fsp3) is 0.167. The molecule has 94 valence electrons. The van der Waals surface area contributed by atoms with Crippen LogP contribution in [-0.4, -0.2) is 22.7 Å². The molecule has 1 aromatic carbocycles. The Hall–Kier alpha value is -2.24. The van der Waals surface area contributed by atoms with Crippen molar-refractivity contribution in [1.82, 2.24) is 4.98 Å². The zero-order valence-electron chi connectivity index (χ0n) is 9.35. The van der Waals surface area contributed by atoms with Gasteiger partial charge in [0, 0.05) is 10.9 Å². The number of halogens is 2. The van der Waals surface area contributed by atoms with Gasteiger partial charge in [0.25, 0.3) is 0 Å². The third-order valence-electron chi connectivity index (χ3n) is 2.41. The Kier molecular flexibility index (Phi) is 3.10. The maximum absolute atomic E-state index is 12.1. The Balaban J connectivity index is 2.53. The number of carboxylic acids is 1. The molecule has 0 saturated carbocycles. The lowest BCUT2D eigenvalue weighted by atomic mass is 10.1. The van der Waals surface area contributed by atoms with Gasteiger partial charge < -0.3 is 9.84 Å². The van der Waals surface area contributed by atoms with Crippen LogP contribution in [-0.2, 0) is 0 Å². The van der Waals surface area contributed by atoms with Crippen LogP contribution in [0.5, 0.6) is 5.88 Å². The number of aromatic carboxylic acids is 1. The maximum Gasteiger partial charge on any atom is 0.388 e. The molecule has 1 N–H and O–H groups in total. The molecule has 2 rings (SSSR count). The lowest BCUT2D eigenvalue weighted by Crippen LogP contribution is -2.05. The average Bonchev–Trinajstić information content (AvgIpc) is 2.28. The van der Waals surface area contributed by atoms with Crippen LogP contribution >= 0.6 is 0 Å². The summed E-state index contributed by atoms with van der Waals surface area (Å²) in [5, 5.41) is 9.41. The molecule has 4 nitrogen and oxygen atoms in total. The van der Waals surface area contributed by atoms with Crippen LogP contribution in [0.3, 0.4) is 0 Å². The average molecular weight is 253 g/mol. The lowest BCUT2D eigenvalue weighted by molar-refractivity contribution is -0.0531. The number of fused-ring (bicyclic) bond motifs is 1. The minimum atomic E-state index is -2.94. The van der Waals surface area contributed by atoms with E-state index in [0.29, 0.717) is 16.5 Å². The number of alkyl halides is 2. The molecule has 0 saturated heterocycles. The Morgan fingerprint density at radius 2 is 2.11 bits per heavy atom. The van der Waals surface area contributed by atoms with E-state index in [9.17, 15) is 13.6 Å². The molecule has 2 aromatic rings. The van der Waals surface area contributed by atoms with Gasteiger partial charge in [0.1, 0.15) is 0 Å². The number of nitrogens with zero attached hydrogens (tertiary/aromatic N) is 1. The van der Waals surface area contributed by atoms with E-state index in [1.54, 1.807) is 13.0 Å². The summed E-state index contributed by atoms with van der Waals surface area (Å²) in [5.41, 5.74) is 0.942. The number of ether oxygens (including phenoxy) is 1. The molecule has 0 amide bonds. The minimum Gasteiger partial charge on any atom is -0.478 e. The van der Waals surface area contributed by atoms with Crippen molar-refractivity contribution in [3.8, 4) is 5.88 Å². The van der Waals surface area contributed by atoms with Crippen LogP contribution < -0.4 is 4.74 Å². The van der Waals surface area contributed by atoms with Crippen molar-refractivity contribution in [3.63, 3.8) is 0 Å². The standard InChI is InChI=1S/C12H9F2NO3/c1-6-4-8-5-7(11(16)17)2-3-9(8)15-10(6)18-12(13)14/h2-5,12H,1H3,(H,16,17). The lowest BCUT2D eigenvalue weighted by Gasteiger charge is -2.08. The Morgan fingerprint density at radius 1 is 1.39 bits per heavy atom. The molecule has 6 heteroatoms. The molecule has 0 fully saturated rings. The van der Waals surface area contributed by atoms with E-state index in [-0.39, 0.29) is 11.4 Å². The van der Waals surface area contributed by atoms with Crippen LogP contribution in [0.15, 0.2) is 24.3 Å². The van der Waals surface area contributed by atoms with Crippen molar-refractivity contribution in [2.24, 2.45) is 0 Å². The molecule has 18 heavy (non-hydrogen) atoms. The van der Waals surface area contributed by atoms with Crippen molar-refractivity contribution < 1.29 is 23.4 Å². The van der Waals surface area contributed by atoms with E-state index in [1.165, 1.54) is 18.2 Å². The smallest absolute Gasteiger partial charge is 0.388 e. The van der Waals surface area contributed by atoms with E-state index in [1.807, 2.05) is 0 Å². The number of benzene rings is 1. The molecule has 0 aliphatic heterocycles. The van der Waals surface area contributed by atoms with Crippen LogP contribution in [0.1, 0.15) is 15.9 Å². The monoisotopic (exact) mass is 253 g/mol. The van der Waals surface area contributed by atoms with Gasteiger partial charge in [-0.25, -0.2) is 9.78 Å². The maximum atomic E-state index is 12.1. The molecule has 0 aliphatic rings. The fourth-order valence-corrected chi connectivity index (χ4v) is 1.60. The summed E-state index contributed by atoms with van der Waals surface area (Å²) in [6.07, 6.45) is 0. The second-order valence-electron chi connectivity index (χ2n) is 3.70. The second kappa shape index (κ2) is 4.56. The summed E-state index contributed by atoms with van der Waals surface area (Å²) >= 11 is 0. The van der Waals surface area contributed by atoms with Gasteiger partial charge in [-0.3, -0.25) is 0 Å². The van der Waals surface area contributed by atoms with Crippen LogP contribution in [0.2, 0.25) is 0 Å². The van der Waals surface area contributed by atoms with Gasteiger partial charge >= 0.3 is 12.6 Å². The van der Waals surface area contributed by atoms with Crippen LogP contribution in [0, 0.1) is 6.92 Å². The van der Waals surface area contributed by atoms with Crippen LogP contribution in [0.25, 0.3) is 10.9 Å². The molecular formula is C12H9F2NO3. The highest BCUT2D eigenvalue weighted by atomic mass is 19.3. The van der Waals surface area contributed by atoms with Crippen molar-refractivity contribution in [2.75, 3.05) is 0 Å². The molecule has 0 radical (unpaired) electrons. The van der Waals surface area contributed by atoms with E-state index >= 15 is 0 Å². The van der Waals surface area contributed by atoms with Gasteiger partial charge in [0.15, 0.2) is 0 Å². The van der Waals surface area contributed by atoms with Gasteiger partial charge in [-0.1, -0.05) is 0 Å². The first-order valence-electron chi connectivity index (χ1n) is 5.07. The molecule has 0 aliphatic carbocycles. The summed E-state index contributed by atoms with van der Waals surface area (Å²) in [4.78, 5) is 14.7. The van der Waals surface area contributed by atoms with Crippen molar-refractivity contribution in [1.29, 1.82) is 0 Å². The van der Waals surface area contributed by atoms with Crippen molar-refractivity contribution in [2.45, 2.75) is 13.5 Å². The third-order valence-corrected chi connectivity index (χ3v) is 2.41. The highest BCUT2D eigenvalue weighted by Crippen LogP contribution is 2.23. The molecule has 0 atom stereocenters. The Bertz CT molecular complexity index is 614. The van der Waals surface area contributed by atoms with Crippen LogP contribution in [0.4, 0.5) is 8.78 Å². The molecule has 0 unspecified atom stereocenters. The number of hydrogen-bond acceptors (Lipinski definition) is 3. The van der Waals surface area contributed by atoms with Gasteiger partial charge in [-0.15, -0.1) is 0 Å². The van der Waals surface area contributed by atoms with E-state index in [0.717, 1.165) is 0 Å². The highest BCUT2D eigenvalue weighted by Gasteiger charge is 2.11. The summed E-state index contributed by atoms with van der Waals surface area (Å²) in [6.45, 7) is -1.37. The number of carboxylic acid groups (broad SMARTS) is 1. The zero-order chi connectivity index (χ0) is 13.3. The SMILES string of the molecule is Cc1cc2cc(C(=O)O)ccc2nc1OC(F)F. The molecule has 1 heterocycles. The van der Waals surface area contributed by atoms with E-state index in [2.05, 4.69) is 9.72 Å². The van der Waals surface area contributed by atoms with Gasteiger partial charge in [0.2, 0.25) is 5.88 Å². The number of pyridine rings is 1. The van der Waals surface area contributed by atoms with Gasteiger partial charge in [0.05, 0.1) is 11.1 Å². The number of hydrogen-bond donors (Lipinski definition) is 1. The predicted octanol–water partition coefficient (Wildman–Crippen LogP) is 2.84. The quantitative estimate of drug-likeness (QED) is 0.913. The first-order valence-corrected chi connectivity index (χ1v) is 5.07. The number of rotatable bonds is 3. The van der Waals surface area contributed by atoms with Crippen molar-refractivity contribution in [3.05, 3.63) is 35.4 Å². The normalized spacial score (nSPS) is 10.9. The zero-order valence-corrected chi connectivity index (χ0v) is 9.35. The Morgan fingerprint density at radius 3 is 2.72 bits per heavy atom. The first-order chi connectivity index (χ1) is 8.47. The van der Waals surface area contributed by atoms with E-state index < -0.39 is 12.6 Å². The summed E-state index contributed by atoms with van der Waals surface area (Å²) in [5.74, 6) is -1.21. The molecule has 0 spiro atoms. The fourth-order valence-electron chi connectivity index (χ4n) is 1.60. The molecule has 0 bridgehead atoms. The number of aryl methyl sites for hydroxylation is 1. The number of aromatic nitrogens is 1. The topological polar surface area (TPSA) is 59.4 Å². The minimum absolute atomic E-state index is 0.117. The Labute approximate surface area is 101 Å². The summed E-state index contributed by atoms with van der Waals surface area (Å²) < 4.78 is 28.5. The summed E-state index contributed by atoms with van der Waals surface area (Å²) in [6, 6.07) is 5.81. The third kappa shape index (κ3) is 2.37. The molecule has 1 aromatic heterocycles. The molecular weight excluding hydrogens is 244 g/mol. The first kappa shape index (κ1) is 12.2. The largest absolute Gasteiger partial charge is 0.478 e. The van der Waals surface area contributed by atoms with E-state index in [4.69, 9.17) is 5.11 Å². The van der Waals surface area contributed by atoms with Gasteiger partial charge in [-0.05, 0) is 31.2 Å². The summed E-state index contributed by atoms with van der Waals surface area (Å²) in [7, 11) is 0. The van der Waals surface area contributed by atoms with Crippen molar-refractivity contribution >= 4 is 16.9 Å². The highest BCUT2D eigenvalue weighted by molar-refractivity contribution is 5.93.